The molecule has 0 bridgehead atoms. The number of nitrogens with two attached hydrogens (primary N) is 1. The number of anilines is 5. The summed E-state index contributed by atoms with van der Waals surface area (Å²) in [7, 11) is 5.75. The summed E-state index contributed by atoms with van der Waals surface area (Å²) >= 11 is 5.76. The molecule has 0 aliphatic heterocycles. The number of ketones is 4. The number of aryl methyl sites for hydroxylation is 5. The minimum absolute atomic E-state index is 0.0165. The number of nitrogen functional groups attached to an aromatic ring is 1. The number of amides is 4. The second kappa shape index (κ2) is 45.8. The smallest absolute Gasteiger partial charge is 0.414 e. The number of Topliss-reactive ketones (excluding diaryl/α,β-unsaturated/α-hetero) is 4. The van der Waals surface area contributed by atoms with Gasteiger partial charge in [0.1, 0.15) is 34.2 Å². The molecular formula is C93H89ClF5N13O12. The summed E-state index contributed by atoms with van der Waals surface area (Å²) in [6.07, 6.45) is 13.2. The molecule has 0 saturated heterocycles. The van der Waals surface area contributed by atoms with E-state index < -0.39 is 53.6 Å². The zero-order chi connectivity index (χ0) is 89.5. The summed E-state index contributed by atoms with van der Waals surface area (Å²) in [5.41, 5.74) is 16.6. The molecule has 0 atom stereocenters. The minimum atomic E-state index is -0.647. The highest BCUT2D eigenvalue weighted by Gasteiger charge is 2.23. The van der Waals surface area contributed by atoms with Crippen molar-refractivity contribution in [2.75, 3.05) is 80.0 Å². The van der Waals surface area contributed by atoms with Crippen LogP contribution < -0.4 is 25.3 Å². The second-order valence-corrected chi connectivity index (χ2v) is 27.9. The predicted octanol–water partition coefficient (Wildman–Crippen LogP) is 19.4. The number of aromatic nitrogens is 8. The van der Waals surface area contributed by atoms with Crippen molar-refractivity contribution in [1.29, 1.82) is 0 Å². The number of nitrogens with zero attached hydrogens (tertiary/aromatic N) is 12. The number of hydrogen-bond acceptors (Lipinski definition) is 21. The maximum absolute atomic E-state index is 14.5. The Hall–Kier alpha value is -14.4. The van der Waals surface area contributed by atoms with Crippen LogP contribution in [0.1, 0.15) is 123 Å². The largest absolute Gasteiger partial charge is 0.449 e. The van der Waals surface area contributed by atoms with Gasteiger partial charge in [-0.2, -0.15) is 4.39 Å². The van der Waals surface area contributed by atoms with E-state index in [-0.39, 0.29) is 78.7 Å². The van der Waals surface area contributed by atoms with Gasteiger partial charge in [-0.25, -0.2) is 51.7 Å². The van der Waals surface area contributed by atoms with Crippen LogP contribution in [0.3, 0.4) is 0 Å². The van der Waals surface area contributed by atoms with Crippen molar-refractivity contribution in [3.63, 3.8) is 0 Å². The Labute approximate surface area is 718 Å². The molecule has 8 heterocycles. The molecule has 0 saturated carbocycles. The van der Waals surface area contributed by atoms with Gasteiger partial charge in [-0.1, -0.05) is 60.1 Å². The topological polar surface area (TPSA) is 316 Å². The molecule has 4 amide bonds. The Morgan fingerprint density at radius 2 is 0.597 bits per heavy atom. The molecule has 2 N–H and O–H groups in total. The molecule has 12 aromatic rings. The first-order valence-corrected chi connectivity index (χ1v) is 39.5. The molecule has 0 radical (unpaired) electrons. The Balaban J connectivity index is 0.000000187. The van der Waals surface area contributed by atoms with E-state index in [1.54, 1.807) is 137 Å². The summed E-state index contributed by atoms with van der Waals surface area (Å²) < 4.78 is 90.5. The maximum Gasteiger partial charge on any atom is 0.414 e. The van der Waals surface area contributed by atoms with E-state index in [1.165, 1.54) is 114 Å². The highest BCUT2D eigenvalue weighted by molar-refractivity contribution is 6.29. The van der Waals surface area contributed by atoms with E-state index in [2.05, 4.69) is 39.9 Å². The third-order valence-corrected chi connectivity index (χ3v) is 19.1. The van der Waals surface area contributed by atoms with Crippen LogP contribution in [0.2, 0.25) is 5.15 Å². The predicted molar refractivity (Wildman–Crippen MR) is 462 cm³/mol. The Morgan fingerprint density at radius 1 is 0.323 bits per heavy atom. The van der Waals surface area contributed by atoms with Gasteiger partial charge in [-0.3, -0.25) is 63.7 Å². The summed E-state index contributed by atoms with van der Waals surface area (Å²) in [4.78, 5) is 134. The second-order valence-electron chi connectivity index (χ2n) is 27.5. The summed E-state index contributed by atoms with van der Waals surface area (Å²) in [5, 5.41) is 0.409. The number of benzene rings is 4. The molecule has 0 fully saturated rings. The van der Waals surface area contributed by atoms with Crippen molar-refractivity contribution in [1.82, 2.24) is 39.9 Å². The molecule has 0 aliphatic carbocycles. The van der Waals surface area contributed by atoms with E-state index in [0.29, 0.717) is 123 Å². The lowest BCUT2D eigenvalue weighted by atomic mass is 10.0. The third kappa shape index (κ3) is 26.8. The van der Waals surface area contributed by atoms with Gasteiger partial charge in [0.15, 0.2) is 23.1 Å². The molecule has 25 nitrogen and oxygen atoms in total. The SMILES string of the molecule is CCOC(=O)N(C)c1ccc(-c2ccc(C(=O)CCc3ccc(C)nc3)cn2)cc1F.CCOC(=O)N(C)c1ccc(-c2ccc(C(=O)CCc3ccc(Cl)nc3)cn2)cc1F.CCOC(=O)N(C)c1ccc(-c2ccc(C(=O)CCc3ccc(F)nc3)cn2)cc1F.CCOC(=O)N(C)c1ccc(-c2ccc(C(=O)CCc3ccc(N)nc3)cn2)cc1F. The number of ether oxygens (including phenoxy) is 4. The number of carbonyl (C=O) groups is 8. The molecular weight excluding hydrogens is 1620 g/mol. The third-order valence-electron chi connectivity index (χ3n) is 18.9. The number of halogens is 6. The average Bonchev–Trinajstić information content (AvgIpc) is 0.828. The summed E-state index contributed by atoms with van der Waals surface area (Å²) in [6.45, 7) is 9.44. The lowest BCUT2D eigenvalue weighted by Crippen LogP contribution is -2.27. The van der Waals surface area contributed by atoms with Crippen LogP contribution in [-0.4, -0.2) is 142 Å². The molecule has 0 spiro atoms. The van der Waals surface area contributed by atoms with E-state index >= 15 is 0 Å². The Kier molecular flexibility index (Phi) is 34.5. The molecule has 12 rings (SSSR count). The van der Waals surface area contributed by atoms with Gasteiger partial charge in [0, 0.05) is 154 Å². The van der Waals surface area contributed by atoms with Crippen molar-refractivity contribution in [3.8, 4) is 45.0 Å². The van der Waals surface area contributed by atoms with Crippen LogP contribution in [-0.2, 0) is 44.6 Å². The van der Waals surface area contributed by atoms with Gasteiger partial charge in [0.2, 0.25) is 5.95 Å². The Morgan fingerprint density at radius 3 is 0.823 bits per heavy atom. The molecule has 0 unspecified atom stereocenters. The van der Waals surface area contributed by atoms with E-state index in [1.807, 2.05) is 31.2 Å². The van der Waals surface area contributed by atoms with Crippen molar-refractivity contribution in [2.45, 2.75) is 86.0 Å². The molecule has 4 aromatic carbocycles. The highest BCUT2D eigenvalue weighted by atomic mass is 35.5. The summed E-state index contributed by atoms with van der Waals surface area (Å²) in [5.74, 6) is -2.67. The van der Waals surface area contributed by atoms with E-state index in [9.17, 15) is 60.3 Å². The van der Waals surface area contributed by atoms with Crippen molar-refractivity contribution < 1.29 is 79.3 Å². The fourth-order valence-electron chi connectivity index (χ4n) is 11.9. The average molecular weight is 1710 g/mol. The Bertz CT molecular complexity index is 4980. The van der Waals surface area contributed by atoms with Crippen molar-refractivity contribution in [2.24, 2.45) is 0 Å². The maximum atomic E-state index is 14.5. The normalized spacial score (nSPS) is 10.6. The van der Waals surface area contributed by atoms with Gasteiger partial charge < -0.3 is 24.7 Å². The van der Waals surface area contributed by atoms with Gasteiger partial charge in [-0.15, -0.1) is 0 Å². The van der Waals surface area contributed by atoms with Crippen LogP contribution >= 0.6 is 11.6 Å². The standard InChI is InChI=1S/C24H24FN3O3.C23H21ClFN3O3.C23H21F2N3O3.C23H23FN4O3/c1-4-31-24(30)28(3)22-11-9-18(13-20(22)25)21-10-8-19(15-27-21)23(29)12-7-17-6-5-16(2)26-14-17;1-3-31-23(30)28(2)20-9-7-16(12-18(20)25)19-8-6-17(14-26-19)21(29)10-4-15-5-11-22(24)27-13-15;2*1-3-31-23(30)28(2)20-9-7-16(12-18(20)24)19-8-6-17(14-26-19)21(29)10-4-15-5-11-22(25)27-13-15/h5-6,8-11,13-15H,4,7,12H2,1-3H3;2*5-9,11-14H,3-4,10H2,1-2H3;5-9,11-14H,3-4,10H2,1-2H3,(H2,25,27). The number of carbonyl (C=O) groups excluding carboxylic acids is 8. The zero-order valence-corrected chi connectivity index (χ0v) is 70.1. The molecule has 0 aliphatic rings. The van der Waals surface area contributed by atoms with Crippen molar-refractivity contribution in [3.05, 3.63) is 304 Å². The van der Waals surface area contributed by atoms with Crippen LogP contribution in [0.25, 0.3) is 45.0 Å². The van der Waals surface area contributed by atoms with Crippen LogP contribution in [0, 0.1) is 36.1 Å². The number of hydrogen-bond donors (Lipinski definition) is 1. The van der Waals surface area contributed by atoms with Gasteiger partial charge >= 0.3 is 24.4 Å². The lowest BCUT2D eigenvalue weighted by Gasteiger charge is -2.17. The first kappa shape index (κ1) is 93.4. The number of pyridine rings is 8. The molecule has 124 heavy (non-hydrogen) atoms. The minimum Gasteiger partial charge on any atom is -0.449 e. The quantitative estimate of drug-likeness (QED) is 0.0206. The highest BCUT2D eigenvalue weighted by Crippen LogP contribution is 2.32. The van der Waals surface area contributed by atoms with Gasteiger partial charge in [0.05, 0.1) is 72.0 Å². The monoisotopic (exact) mass is 1710 g/mol. The van der Waals surface area contributed by atoms with E-state index in [0.717, 1.165) is 47.5 Å². The van der Waals surface area contributed by atoms with Crippen LogP contribution in [0.4, 0.5) is 69.7 Å². The van der Waals surface area contributed by atoms with Gasteiger partial charge in [0.25, 0.3) is 0 Å². The first-order valence-electron chi connectivity index (χ1n) is 39.2. The lowest BCUT2D eigenvalue weighted by molar-refractivity contribution is 0.0974. The van der Waals surface area contributed by atoms with E-state index in [4.69, 9.17) is 36.3 Å². The zero-order valence-electron chi connectivity index (χ0n) is 69.4. The van der Waals surface area contributed by atoms with Crippen molar-refractivity contribution >= 4 is 87.7 Å². The summed E-state index contributed by atoms with van der Waals surface area (Å²) in [6, 6.07) is 44.8. The molecule has 640 valence electrons. The fourth-order valence-corrected chi connectivity index (χ4v) is 12.0. The fraction of sp³-hybridized carbons (Fsp3) is 0.226. The van der Waals surface area contributed by atoms with Crippen LogP contribution in [0.15, 0.2) is 219 Å². The number of rotatable bonds is 28. The van der Waals surface area contributed by atoms with Crippen LogP contribution in [0.5, 0.6) is 0 Å². The van der Waals surface area contributed by atoms with Gasteiger partial charge in [-0.05, 0) is 204 Å². The molecule has 31 heteroatoms. The first-order chi connectivity index (χ1) is 59.5. The molecule has 8 aromatic heterocycles.